The van der Waals surface area contributed by atoms with Gasteiger partial charge >= 0.3 is 6.18 Å². The van der Waals surface area contributed by atoms with Crippen LogP contribution in [0.5, 0.6) is 0 Å². The molecule has 0 bridgehead atoms. The lowest BCUT2D eigenvalue weighted by atomic mass is 10.2. The van der Waals surface area contributed by atoms with E-state index in [1.54, 1.807) is 27.7 Å². The maximum absolute atomic E-state index is 13.5. The summed E-state index contributed by atoms with van der Waals surface area (Å²) in [5.74, 6) is -1.10. The highest BCUT2D eigenvalue weighted by Gasteiger charge is 2.39. The molecule has 0 N–H and O–H groups in total. The SMILES string of the molecule is CC(C)N(C(=O)CN(Cc1ccc(F)cc1)S(=O)(=O)c1ccccc1C(F)(F)F)C(C)C. The van der Waals surface area contributed by atoms with Crippen LogP contribution in [0.15, 0.2) is 53.4 Å². The lowest BCUT2D eigenvalue weighted by molar-refractivity contribution is -0.139. The molecule has 0 heterocycles. The Morgan fingerprint density at radius 2 is 1.47 bits per heavy atom. The third-order valence-electron chi connectivity index (χ3n) is 4.79. The summed E-state index contributed by atoms with van der Waals surface area (Å²) in [4.78, 5) is 13.5. The molecule has 2 aromatic carbocycles. The van der Waals surface area contributed by atoms with E-state index in [0.29, 0.717) is 15.9 Å². The monoisotopic (exact) mass is 474 g/mol. The minimum atomic E-state index is -4.91. The van der Waals surface area contributed by atoms with Gasteiger partial charge in [0, 0.05) is 18.6 Å². The molecule has 1 amide bonds. The van der Waals surface area contributed by atoms with Gasteiger partial charge in [0.15, 0.2) is 0 Å². The van der Waals surface area contributed by atoms with Crippen molar-refractivity contribution in [2.45, 2.75) is 57.4 Å². The van der Waals surface area contributed by atoms with Crippen LogP contribution < -0.4 is 0 Å². The number of benzene rings is 2. The van der Waals surface area contributed by atoms with Crippen LogP contribution >= 0.6 is 0 Å². The van der Waals surface area contributed by atoms with Gasteiger partial charge in [-0.05, 0) is 57.5 Å². The highest BCUT2D eigenvalue weighted by Crippen LogP contribution is 2.35. The molecular formula is C22H26F4N2O3S. The van der Waals surface area contributed by atoms with E-state index in [2.05, 4.69) is 0 Å². The molecule has 0 fully saturated rings. The zero-order valence-electron chi connectivity index (χ0n) is 18.2. The fourth-order valence-corrected chi connectivity index (χ4v) is 5.08. The molecule has 2 aromatic rings. The highest BCUT2D eigenvalue weighted by molar-refractivity contribution is 7.89. The van der Waals surface area contributed by atoms with Crippen LogP contribution in [-0.4, -0.2) is 42.2 Å². The van der Waals surface area contributed by atoms with Gasteiger partial charge in [0.1, 0.15) is 5.82 Å². The summed E-state index contributed by atoms with van der Waals surface area (Å²) in [6.07, 6.45) is -4.91. The molecule has 0 saturated carbocycles. The van der Waals surface area contributed by atoms with Gasteiger partial charge in [0.2, 0.25) is 15.9 Å². The van der Waals surface area contributed by atoms with Crippen molar-refractivity contribution in [1.29, 1.82) is 0 Å². The van der Waals surface area contributed by atoms with Crippen LogP contribution in [0.2, 0.25) is 0 Å². The Labute approximate surface area is 185 Å². The average Bonchev–Trinajstić information content (AvgIpc) is 2.67. The number of hydrogen-bond donors (Lipinski definition) is 0. The first-order chi connectivity index (χ1) is 14.7. The number of halogens is 4. The van der Waals surface area contributed by atoms with Gasteiger partial charge < -0.3 is 4.90 Å². The first-order valence-electron chi connectivity index (χ1n) is 9.97. The van der Waals surface area contributed by atoms with Crippen molar-refractivity contribution in [3.05, 3.63) is 65.5 Å². The number of hydrogen-bond acceptors (Lipinski definition) is 3. The smallest absolute Gasteiger partial charge is 0.337 e. The average molecular weight is 475 g/mol. The fourth-order valence-electron chi connectivity index (χ4n) is 3.49. The Kier molecular flexibility index (Phi) is 8.06. The molecule has 2 rings (SSSR count). The number of carbonyl (C=O) groups excluding carboxylic acids is 1. The second-order valence-electron chi connectivity index (χ2n) is 7.88. The third kappa shape index (κ3) is 6.07. The molecule has 0 aliphatic rings. The van der Waals surface area contributed by atoms with Crippen LogP contribution in [0.1, 0.15) is 38.8 Å². The van der Waals surface area contributed by atoms with Crippen molar-refractivity contribution in [2.75, 3.05) is 6.54 Å². The summed E-state index contributed by atoms with van der Waals surface area (Å²) in [7, 11) is -4.73. The maximum Gasteiger partial charge on any atom is 0.417 e. The molecule has 0 radical (unpaired) electrons. The van der Waals surface area contributed by atoms with Crippen LogP contribution in [0.4, 0.5) is 17.6 Å². The predicted molar refractivity (Wildman–Crippen MR) is 113 cm³/mol. The molecule has 5 nitrogen and oxygen atoms in total. The molecule has 0 aromatic heterocycles. The van der Waals surface area contributed by atoms with Crippen molar-refractivity contribution in [3.8, 4) is 0 Å². The Balaban J connectivity index is 2.55. The van der Waals surface area contributed by atoms with Gasteiger partial charge in [-0.1, -0.05) is 24.3 Å². The number of amides is 1. The lowest BCUT2D eigenvalue weighted by Gasteiger charge is -2.33. The van der Waals surface area contributed by atoms with Crippen LogP contribution in [0.3, 0.4) is 0 Å². The molecule has 176 valence electrons. The summed E-state index contributed by atoms with van der Waals surface area (Å²) in [6.45, 7) is 5.98. The molecule has 0 spiro atoms. The largest absolute Gasteiger partial charge is 0.417 e. The Hall–Kier alpha value is -2.46. The number of carbonyl (C=O) groups is 1. The maximum atomic E-state index is 13.5. The summed E-state index contributed by atoms with van der Waals surface area (Å²) in [6, 6.07) is 8.19. The Morgan fingerprint density at radius 1 is 0.938 bits per heavy atom. The molecule has 0 atom stereocenters. The van der Waals surface area contributed by atoms with Gasteiger partial charge in [-0.2, -0.15) is 17.5 Å². The zero-order valence-corrected chi connectivity index (χ0v) is 19.0. The minimum Gasteiger partial charge on any atom is -0.337 e. The normalized spacial score (nSPS) is 12.6. The van der Waals surface area contributed by atoms with Crippen LogP contribution in [0, 0.1) is 5.82 Å². The summed E-state index contributed by atoms with van der Waals surface area (Å²) in [5, 5.41) is 0. The van der Waals surface area contributed by atoms with Gasteiger partial charge in [-0.25, -0.2) is 12.8 Å². The van der Waals surface area contributed by atoms with Crippen LogP contribution in [-0.2, 0) is 27.5 Å². The van der Waals surface area contributed by atoms with E-state index in [1.807, 2.05) is 0 Å². The molecule has 32 heavy (non-hydrogen) atoms. The molecule has 0 saturated heterocycles. The van der Waals surface area contributed by atoms with Crippen molar-refractivity contribution in [2.24, 2.45) is 0 Å². The Morgan fingerprint density at radius 3 is 1.97 bits per heavy atom. The van der Waals surface area contributed by atoms with Gasteiger partial charge in [0.25, 0.3) is 0 Å². The van der Waals surface area contributed by atoms with E-state index in [4.69, 9.17) is 0 Å². The predicted octanol–water partition coefficient (Wildman–Crippen LogP) is 4.68. The second-order valence-corrected chi connectivity index (χ2v) is 9.79. The number of nitrogens with zero attached hydrogens (tertiary/aromatic N) is 2. The van der Waals surface area contributed by atoms with Gasteiger partial charge in [-0.3, -0.25) is 4.79 Å². The summed E-state index contributed by atoms with van der Waals surface area (Å²) >= 11 is 0. The number of alkyl halides is 3. The van der Waals surface area contributed by atoms with E-state index in [9.17, 15) is 30.8 Å². The molecule has 10 heteroatoms. The zero-order chi connectivity index (χ0) is 24.3. The highest BCUT2D eigenvalue weighted by atomic mass is 32.2. The molecule has 0 aliphatic carbocycles. The van der Waals surface area contributed by atoms with E-state index >= 15 is 0 Å². The van der Waals surface area contributed by atoms with Gasteiger partial charge in [0.05, 0.1) is 17.0 Å². The lowest BCUT2D eigenvalue weighted by Crippen LogP contribution is -2.48. The first kappa shape index (κ1) is 25.8. The number of sulfonamides is 1. The molecule has 0 aliphatic heterocycles. The van der Waals surface area contributed by atoms with E-state index in [0.717, 1.165) is 24.3 Å². The van der Waals surface area contributed by atoms with E-state index in [1.165, 1.54) is 23.1 Å². The Bertz CT molecular complexity index is 1030. The quantitative estimate of drug-likeness (QED) is 0.522. The summed E-state index contributed by atoms with van der Waals surface area (Å²) in [5.41, 5.74) is -0.992. The van der Waals surface area contributed by atoms with Gasteiger partial charge in [-0.15, -0.1) is 0 Å². The van der Waals surface area contributed by atoms with E-state index in [-0.39, 0.29) is 12.1 Å². The molecule has 0 unspecified atom stereocenters. The summed E-state index contributed by atoms with van der Waals surface area (Å²) < 4.78 is 81.2. The van der Waals surface area contributed by atoms with Crippen molar-refractivity contribution in [3.63, 3.8) is 0 Å². The second kappa shape index (κ2) is 9.99. The van der Waals surface area contributed by atoms with Crippen molar-refractivity contribution < 1.29 is 30.8 Å². The molecular weight excluding hydrogens is 448 g/mol. The topological polar surface area (TPSA) is 57.7 Å². The van der Waals surface area contributed by atoms with Crippen molar-refractivity contribution in [1.82, 2.24) is 9.21 Å². The van der Waals surface area contributed by atoms with Crippen LogP contribution in [0.25, 0.3) is 0 Å². The first-order valence-corrected chi connectivity index (χ1v) is 11.4. The third-order valence-corrected chi connectivity index (χ3v) is 6.64. The van der Waals surface area contributed by atoms with Crippen molar-refractivity contribution >= 4 is 15.9 Å². The fraction of sp³-hybridized carbons (Fsp3) is 0.409. The van der Waals surface area contributed by atoms with E-state index < -0.39 is 51.5 Å². The minimum absolute atomic E-state index is 0.250. The standard InChI is InChI=1S/C22H26F4N2O3S/c1-15(2)28(16(3)4)21(29)14-27(13-17-9-11-18(23)12-10-17)32(30,31)20-8-6-5-7-19(20)22(24,25)26/h5-12,15-16H,13-14H2,1-4H3. The number of rotatable bonds is 8.